The number of ether oxygens (including phenoxy) is 1. The van der Waals surface area contributed by atoms with E-state index in [4.69, 9.17) is 15.9 Å². The van der Waals surface area contributed by atoms with Crippen molar-refractivity contribution in [2.24, 2.45) is 5.92 Å². The first-order valence-corrected chi connectivity index (χ1v) is 7.82. The summed E-state index contributed by atoms with van der Waals surface area (Å²) in [5, 5.41) is 7.41. The molecule has 3 N–H and O–H groups in total. The lowest BCUT2D eigenvalue weighted by molar-refractivity contribution is -0.0774. The highest BCUT2D eigenvalue weighted by atomic mass is 16.5. The SMILES string of the molecule is Cc1cc(C=N)c(N)cc1C1CCN(C2COC2)CC1C. The summed E-state index contributed by atoms with van der Waals surface area (Å²) in [4.78, 5) is 2.58. The predicted octanol–water partition coefficient (Wildman–Crippen LogP) is 2.40. The monoisotopic (exact) mass is 287 g/mol. The third-order valence-corrected chi connectivity index (χ3v) is 5.10. The number of nitrogens with zero attached hydrogens (tertiary/aromatic N) is 1. The molecule has 1 aromatic rings. The van der Waals surface area contributed by atoms with E-state index < -0.39 is 0 Å². The zero-order valence-corrected chi connectivity index (χ0v) is 12.9. The third-order valence-electron chi connectivity index (χ3n) is 5.10. The van der Waals surface area contributed by atoms with Gasteiger partial charge in [-0.3, -0.25) is 4.90 Å². The summed E-state index contributed by atoms with van der Waals surface area (Å²) >= 11 is 0. The van der Waals surface area contributed by atoms with Crippen molar-refractivity contribution in [1.29, 1.82) is 5.41 Å². The molecule has 2 aliphatic rings. The molecule has 1 aromatic carbocycles. The molecule has 0 bridgehead atoms. The highest BCUT2D eigenvalue weighted by molar-refractivity contribution is 5.85. The minimum absolute atomic E-state index is 0.573. The second kappa shape index (κ2) is 5.78. The van der Waals surface area contributed by atoms with Crippen LogP contribution >= 0.6 is 0 Å². The first-order valence-electron chi connectivity index (χ1n) is 7.82. The quantitative estimate of drug-likeness (QED) is 0.663. The van der Waals surface area contributed by atoms with E-state index in [1.807, 2.05) is 0 Å². The molecule has 4 heteroatoms. The van der Waals surface area contributed by atoms with Gasteiger partial charge < -0.3 is 15.9 Å². The van der Waals surface area contributed by atoms with Crippen molar-refractivity contribution in [1.82, 2.24) is 4.90 Å². The standard InChI is InChI=1S/C17H25N3O/c1-11-5-13(7-18)17(19)6-16(11)15-3-4-20(8-12(15)2)14-9-21-10-14/h5-7,12,14-15,18H,3-4,8-10,19H2,1-2H3. The summed E-state index contributed by atoms with van der Waals surface area (Å²) in [6, 6.07) is 4.79. The molecule has 0 aliphatic carbocycles. The second-order valence-electron chi connectivity index (χ2n) is 6.54. The minimum Gasteiger partial charge on any atom is -0.398 e. The smallest absolute Gasteiger partial charge is 0.0645 e. The van der Waals surface area contributed by atoms with Crippen LogP contribution in [0.25, 0.3) is 0 Å². The van der Waals surface area contributed by atoms with E-state index in [1.165, 1.54) is 23.8 Å². The van der Waals surface area contributed by atoms with Crippen LogP contribution in [0.15, 0.2) is 12.1 Å². The van der Waals surface area contributed by atoms with E-state index in [0.717, 1.165) is 37.6 Å². The maximum Gasteiger partial charge on any atom is 0.0645 e. The number of likely N-dealkylation sites (tertiary alicyclic amines) is 1. The molecule has 0 spiro atoms. The maximum absolute atomic E-state index is 7.41. The molecule has 114 valence electrons. The predicted molar refractivity (Wildman–Crippen MR) is 86.2 cm³/mol. The number of nitrogens with two attached hydrogens (primary N) is 1. The van der Waals surface area contributed by atoms with E-state index >= 15 is 0 Å². The molecule has 2 atom stereocenters. The lowest BCUT2D eigenvalue weighted by atomic mass is 9.79. The van der Waals surface area contributed by atoms with Crippen molar-refractivity contribution in [3.63, 3.8) is 0 Å². The molecule has 2 aliphatic heterocycles. The van der Waals surface area contributed by atoms with Crippen molar-refractivity contribution in [2.45, 2.75) is 32.2 Å². The fourth-order valence-electron chi connectivity index (χ4n) is 3.69. The average molecular weight is 287 g/mol. The van der Waals surface area contributed by atoms with Crippen LogP contribution in [0.3, 0.4) is 0 Å². The van der Waals surface area contributed by atoms with Crippen LogP contribution in [0.2, 0.25) is 0 Å². The largest absolute Gasteiger partial charge is 0.398 e. The summed E-state index contributed by atoms with van der Waals surface area (Å²) in [5.74, 6) is 1.20. The van der Waals surface area contributed by atoms with Gasteiger partial charge in [0.25, 0.3) is 0 Å². The van der Waals surface area contributed by atoms with Crippen molar-refractivity contribution in [2.75, 3.05) is 32.0 Å². The number of piperidine rings is 1. The molecule has 2 unspecified atom stereocenters. The van der Waals surface area contributed by atoms with Gasteiger partial charge in [-0.1, -0.05) is 6.92 Å². The van der Waals surface area contributed by atoms with Gasteiger partial charge in [0.05, 0.1) is 19.3 Å². The average Bonchev–Trinajstić information content (AvgIpc) is 2.39. The van der Waals surface area contributed by atoms with Crippen LogP contribution in [0, 0.1) is 18.3 Å². The van der Waals surface area contributed by atoms with Crippen LogP contribution in [0.1, 0.15) is 36.0 Å². The molecule has 0 amide bonds. The van der Waals surface area contributed by atoms with Crippen molar-refractivity contribution in [3.05, 3.63) is 28.8 Å². The number of hydrogen-bond donors (Lipinski definition) is 2. The highest BCUT2D eigenvalue weighted by Crippen LogP contribution is 2.37. The summed E-state index contributed by atoms with van der Waals surface area (Å²) in [5.41, 5.74) is 10.3. The van der Waals surface area contributed by atoms with Gasteiger partial charge in [-0.2, -0.15) is 0 Å². The van der Waals surface area contributed by atoms with Crippen LogP contribution in [-0.2, 0) is 4.74 Å². The van der Waals surface area contributed by atoms with Gasteiger partial charge in [-0.15, -0.1) is 0 Å². The Kier molecular flexibility index (Phi) is 4.00. The minimum atomic E-state index is 0.573. The Hall–Kier alpha value is -1.39. The topological polar surface area (TPSA) is 62.3 Å². The van der Waals surface area contributed by atoms with E-state index in [-0.39, 0.29) is 0 Å². The van der Waals surface area contributed by atoms with Gasteiger partial charge in [-0.05, 0) is 55.0 Å². The van der Waals surface area contributed by atoms with Gasteiger partial charge in [0.15, 0.2) is 0 Å². The summed E-state index contributed by atoms with van der Waals surface area (Å²) < 4.78 is 5.32. The molecule has 4 nitrogen and oxygen atoms in total. The van der Waals surface area contributed by atoms with Gasteiger partial charge in [0, 0.05) is 24.0 Å². The Morgan fingerprint density at radius 3 is 2.71 bits per heavy atom. The van der Waals surface area contributed by atoms with Gasteiger partial charge in [0.2, 0.25) is 0 Å². The molecular weight excluding hydrogens is 262 g/mol. The van der Waals surface area contributed by atoms with Crippen molar-refractivity contribution in [3.8, 4) is 0 Å². The van der Waals surface area contributed by atoms with Crippen LogP contribution in [0.5, 0.6) is 0 Å². The molecule has 2 fully saturated rings. The summed E-state index contributed by atoms with van der Waals surface area (Å²) in [7, 11) is 0. The van der Waals surface area contributed by atoms with Crippen LogP contribution in [0.4, 0.5) is 5.69 Å². The van der Waals surface area contributed by atoms with Gasteiger partial charge >= 0.3 is 0 Å². The summed E-state index contributed by atoms with van der Waals surface area (Å²) in [6.45, 7) is 8.57. The van der Waals surface area contributed by atoms with Crippen LogP contribution < -0.4 is 5.73 Å². The zero-order valence-electron chi connectivity index (χ0n) is 12.9. The van der Waals surface area contributed by atoms with Crippen molar-refractivity contribution >= 4 is 11.9 Å². The highest BCUT2D eigenvalue weighted by Gasteiger charge is 2.34. The Morgan fingerprint density at radius 1 is 1.38 bits per heavy atom. The Morgan fingerprint density at radius 2 is 2.14 bits per heavy atom. The van der Waals surface area contributed by atoms with Gasteiger partial charge in [-0.25, -0.2) is 0 Å². The number of anilines is 1. The third kappa shape index (κ3) is 2.70. The molecule has 3 rings (SSSR count). The Bertz CT molecular complexity index is 539. The molecule has 2 saturated heterocycles. The second-order valence-corrected chi connectivity index (χ2v) is 6.54. The molecule has 0 radical (unpaired) electrons. The van der Waals surface area contributed by atoms with Crippen molar-refractivity contribution < 1.29 is 4.74 Å². The fraction of sp³-hybridized carbons (Fsp3) is 0.588. The number of benzene rings is 1. The first kappa shape index (κ1) is 14.5. The normalized spacial score (nSPS) is 27.3. The van der Waals surface area contributed by atoms with Crippen LogP contribution in [-0.4, -0.2) is 43.5 Å². The lowest BCUT2D eigenvalue weighted by Crippen LogP contribution is -2.53. The number of nitrogen functional groups attached to an aromatic ring is 1. The van der Waals surface area contributed by atoms with E-state index in [0.29, 0.717) is 17.9 Å². The molecule has 21 heavy (non-hydrogen) atoms. The van der Waals surface area contributed by atoms with E-state index in [9.17, 15) is 0 Å². The first-order chi connectivity index (χ1) is 10.1. The fourth-order valence-corrected chi connectivity index (χ4v) is 3.69. The maximum atomic E-state index is 7.41. The molecular formula is C17H25N3O. The molecule has 2 heterocycles. The zero-order chi connectivity index (χ0) is 15.0. The van der Waals surface area contributed by atoms with Gasteiger partial charge in [0.1, 0.15) is 0 Å². The summed E-state index contributed by atoms with van der Waals surface area (Å²) in [6.07, 6.45) is 2.52. The Balaban J connectivity index is 1.78. The number of aryl methyl sites for hydroxylation is 1. The van der Waals surface area contributed by atoms with E-state index in [1.54, 1.807) is 0 Å². The number of hydrogen-bond acceptors (Lipinski definition) is 4. The Labute approximate surface area is 126 Å². The molecule has 0 aromatic heterocycles. The number of nitrogens with one attached hydrogen (secondary N) is 1. The lowest BCUT2D eigenvalue weighted by Gasteiger charge is -2.44. The van der Waals surface area contributed by atoms with E-state index in [2.05, 4.69) is 30.9 Å². The molecule has 0 saturated carbocycles. The number of rotatable bonds is 3.